The van der Waals surface area contributed by atoms with E-state index in [1.807, 2.05) is 12.1 Å². The Hall–Kier alpha value is -1.06. The van der Waals surface area contributed by atoms with Crippen LogP contribution in [-0.2, 0) is 6.42 Å². The average molecular weight is 248 g/mol. The van der Waals surface area contributed by atoms with Crippen molar-refractivity contribution in [2.24, 2.45) is 0 Å². The highest BCUT2D eigenvalue weighted by Gasteiger charge is 2.19. The first-order chi connectivity index (χ1) is 8.79. The molecule has 0 aliphatic heterocycles. The molecule has 0 spiro atoms. The van der Waals surface area contributed by atoms with E-state index in [9.17, 15) is 0 Å². The Morgan fingerprint density at radius 3 is 2.78 bits per heavy atom. The maximum Gasteiger partial charge on any atom is 0.122 e. The van der Waals surface area contributed by atoms with Crippen LogP contribution in [0.5, 0.6) is 5.75 Å². The molecule has 1 fully saturated rings. The summed E-state index contributed by atoms with van der Waals surface area (Å²) < 4.78 is 5.37. The number of benzene rings is 1. The van der Waals surface area contributed by atoms with Gasteiger partial charge in [-0.1, -0.05) is 18.2 Å². The lowest BCUT2D eigenvalue weighted by Crippen LogP contribution is -2.31. The molecule has 0 heterocycles. The Bertz CT molecular complexity index is 363. The third-order valence-corrected chi connectivity index (χ3v) is 3.46. The van der Waals surface area contributed by atoms with Gasteiger partial charge in [-0.3, -0.25) is 0 Å². The smallest absolute Gasteiger partial charge is 0.122 e. The summed E-state index contributed by atoms with van der Waals surface area (Å²) in [6, 6.07) is 9.09. The predicted octanol–water partition coefficient (Wildman–Crippen LogP) is 1.92. The normalized spacial score (nSPS) is 15.1. The molecule has 3 heteroatoms. The van der Waals surface area contributed by atoms with Crippen molar-refractivity contribution in [2.45, 2.75) is 25.3 Å². The van der Waals surface area contributed by atoms with Crippen LogP contribution in [0.3, 0.4) is 0 Å². The Morgan fingerprint density at radius 1 is 1.28 bits per heavy atom. The number of likely N-dealkylation sites (N-methyl/N-ethyl adjacent to an activating group) is 1. The van der Waals surface area contributed by atoms with Crippen molar-refractivity contribution in [3.8, 4) is 5.75 Å². The number of hydrogen-bond donors (Lipinski definition) is 1. The van der Waals surface area contributed by atoms with Crippen molar-refractivity contribution in [1.29, 1.82) is 0 Å². The van der Waals surface area contributed by atoms with Gasteiger partial charge < -0.3 is 15.0 Å². The highest BCUT2D eigenvalue weighted by atomic mass is 16.5. The molecule has 18 heavy (non-hydrogen) atoms. The number of para-hydroxylation sites is 1. The summed E-state index contributed by atoms with van der Waals surface area (Å²) in [5, 5.41) is 3.54. The molecule has 1 saturated carbocycles. The highest BCUT2D eigenvalue weighted by molar-refractivity contribution is 5.33. The van der Waals surface area contributed by atoms with E-state index in [4.69, 9.17) is 4.74 Å². The summed E-state index contributed by atoms with van der Waals surface area (Å²) in [6.45, 7) is 3.30. The minimum absolute atomic E-state index is 0.813. The van der Waals surface area contributed by atoms with E-state index < -0.39 is 0 Å². The van der Waals surface area contributed by atoms with Gasteiger partial charge in [-0.2, -0.15) is 0 Å². The summed E-state index contributed by atoms with van der Waals surface area (Å²) in [5.41, 5.74) is 1.29. The Morgan fingerprint density at radius 2 is 2.06 bits per heavy atom. The molecule has 1 aromatic carbocycles. The molecule has 0 amide bonds. The molecule has 0 bridgehead atoms. The topological polar surface area (TPSA) is 24.5 Å². The zero-order valence-electron chi connectivity index (χ0n) is 11.5. The number of nitrogens with zero attached hydrogens (tertiary/aromatic N) is 1. The molecule has 0 radical (unpaired) electrons. The fourth-order valence-corrected chi connectivity index (χ4v) is 2.08. The van der Waals surface area contributed by atoms with E-state index >= 15 is 0 Å². The molecule has 2 rings (SSSR count). The molecule has 0 saturated heterocycles. The molecule has 1 aromatic rings. The van der Waals surface area contributed by atoms with Crippen molar-refractivity contribution in [1.82, 2.24) is 10.2 Å². The van der Waals surface area contributed by atoms with Crippen LogP contribution in [0, 0.1) is 0 Å². The second-order valence-electron chi connectivity index (χ2n) is 5.09. The summed E-state index contributed by atoms with van der Waals surface area (Å²) in [5.74, 6) is 1.00. The van der Waals surface area contributed by atoms with Crippen molar-refractivity contribution in [3.05, 3.63) is 29.8 Å². The molecule has 0 unspecified atom stereocenters. The number of ether oxygens (including phenoxy) is 1. The third-order valence-electron chi connectivity index (χ3n) is 3.46. The van der Waals surface area contributed by atoms with Gasteiger partial charge in [-0.05, 0) is 37.9 Å². The van der Waals surface area contributed by atoms with Crippen LogP contribution in [-0.4, -0.2) is 44.7 Å². The van der Waals surface area contributed by atoms with Crippen LogP contribution in [0.2, 0.25) is 0 Å². The summed E-state index contributed by atoms with van der Waals surface area (Å²) in [6.07, 6.45) is 3.78. The van der Waals surface area contributed by atoms with E-state index in [0.717, 1.165) is 37.8 Å². The van der Waals surface area contributed by atoms with E-state index in [-0.39, 0.29) is 0 Å². The number of methoxy groups -OCH3 is 1. The van der Waals surface area contributed by atoms with Crippen LogP contribution in [0.1, 0.15) is 18.4 Å². The maximum atomic E-state index is 5.37. The van der Waals surface area contributed by atoms with Crippen LogP contribution < -0.4 is 10.1 Å². The first-order valence-electron chi connectivity index (χ1n) is 6.83. The minimum atomic E-state index is 0.813. The molecule has 1 aliphatic rings. The number of nitrogens with one attached hydrogen (secondary N) is 1. The van der Waals surface area contributed by atoms with Crippen molar-refractivity contribution < 1.29 is 4.74 Å². The van der Waals surface area contributed by atoms with Gasteiger partial charge in [0.05, 0.1) is 7.11 Å². The monoisotopic (exact) mass is 248 g/mol. The third kappa shape index (κ3) is 4.31. The standard InChI is InChI=1S/C15H24N2O/c1-17(12-10-16-14-7-8-14)11-9-13-5-3-4-6-15(13)18-2/h3-6,14,16H,7-12H2,1-2H3. The summed E-state index contributed by atoms with van der Waals surface area (Å²) >= 11 is 0. The molecule has 3 nitrogen and oxygen atoms in total. The molecule has 1 aliphatic carbocycles. The van der Waals surface area contributed by atoms with Gasteiger partial charge in [-0.15, -0.1) is 0 Å². The summed E-state index contributed by atoms with van der Waals surface area (Å²) in [7, 11) is 3.92. The minimum Gasteiger partial charge on any atom is -0.496 e. The van der Waals surface area contributed by atoms with Gasteiger partial charge in [0, 0.05) is 25.7 Å². The van der Waals surface area contributed by atoms with Gasteiger partial charge in [0.25, 0.3) is 0 Å². The fourth-order valence-electron chi connectivity index (χ4n) is 2.08. The van der Waals surface area contributed by atoms with Crippen molar-refractivity contribution in [2.75, 3.05) is 33.8 Å². The van der Waals surface area contributed by atoms with Gasteiger partial charge >= 0.3 is 0 Å². The number of hydrogen-bond acceptors (Lipinski definition) is 3. The maximum absolute atomic E-state index is 5.37. The van der Waals surface area contributed by atoms with Gasteiger partial charge in [-0.25, -0.2) is 0 Å². The fraction of sp³-hybridized carbons (Fsp3) is 0.600. The van der Waals surface area contributed by atoms with Gasteiger partial charge in [0.1, 0.15) is 5.75 Å². The Labute approximate surface area is 110 Å². The van der Waals surface area contributed by atoms with E-state index in [2.05, 4.69) is 29.4 Å². The molecule has 100 valence electrons. The van der Waals surface area contributed by atoms with Crippen LogP contribution in [0.25, 0.3) is 0 Å². The van der Waals surface area contributed by atoms with Crippen LogP contribution in [0.15, 0.2) is 24.3 Å². The van der Waals surface area contributed by atoms with E-state index in [1.54, 1.807) is 7.11 Å². The molecular weight excluding hydrogens is 224 g/mol. The zero-order chi connectivity index (χ0) is 12.8. The lowest BCUT2D eigenvalue weighted by atomic mass is 10.1. The Balaban J connectivity index is 1.68. The first-order valence-corrected chi connectivity index (χ1v) is 6.83. The van der Waals surface area contributed by atoms with Gasteiger partial charge in [0.15, 0.2) is 0 Å². The van der Waals surface area contributed by atoms with Crippen molar-refractivity contribution in [3.63, 3.8) is 0 Å². The van der Waals surface area contributed by atoms with E-state index in [0.29, 0.717) is 0 Å². The second kappa shape index (κ2) is 6.76. The molecular formula is C15H24N2O. The molecule has 0 aromatic heterocycles. The number of rotatable bonds is 8. The van der Waals surface area contributed by atoms with Crippen LogP contribution >= 0.6 is 0 Å². The highest BCUT2D eigenvalue weighted by Crippen LogP contribution is 2.18. The lowest BCUT2D eigenvalue weighted by Gasteiger charge is -2.17. The lowest BCUT2D eigenvalue weighted by molar-refractivity contribution is 0.332. The van der Waals surface area contributed by atoms with Crippen LogP contribution in [0.4, 0.5) is 0 Å². The quantitative estimate of drug-likeness (QED) is 0.760. The predicted molar refractivity (Wildman–Crippen MR) is 75.2 cm³/mol. The second-order valence-corrected chi connectivity index (χ2v) is 5.09. The Kier molecular flexibility index (Phi) is 5.02. The molecule has 0 atom stereocenters. The van der Waals surface area contributed by atoms with Gasteiger partial charge in [0.2, 0.25) is 0 Å². The zero-order valence-corrected chi connectivity index (χ0v) is 11.5. The molecule has 1 N–H and O–H groups in total. The largest absolute Gasteiger partial charge is 0.496 e. The SMILES string of the molecule is COc1ccccc1CCN(C)CCNC1CC1. The summed E-state index contributed by atoms with van der Waals surface area (Å²) in [4.78, 5) is 2.38. The van der Waals surface area contributed by atoms with Crippen molar-refractivity contribution >= 4 is 0 Å². The first kappa shape index (κ1) is 13.4. The average Bonchev–Trinajstić information content (AvgIpc) is 3.21. The van der Waals surface area contributed by atoms with E-state index in [1.165, 1.54) is 18.4 Å².